The van der Waals surface area contributed by atoms with Gasteiger partial charge in [-0.05, 0) is 44.0 Å². The predicted molar refractivity (Wildman–Crippen MR) is 74.1 cm³/mol. The normalized spacial score (nSPS) is 11.3. The van der Waals surface area contributed by atoms with Crippen molar-refractivity contribution >= 4 is 5.78 Å². The molecule has 0 bridgehead atoms. The molecule has 0 atom stereocenters. The molecule has 1 rings (SSSR count). The van der Waals surface area contributed by atoms with Crippen LogP contribution in [0.25, 0.3) is 0 Å². The van der Waals surface area contributed by atoms with Crippen LogP contribution in [0.2, 0.25) is 0 Å². The third-order valence-electron chi connectivity index (χ3n) is 2.75. The van der Waals surface area contributed by atoms with E-state index in [4.69, 9.17) is 4.74 Å². The number of ketones is 1. The predicted octanol–water partition coefficient (Wildman–Crippen LogP) is 2.75. The van der Waals surface area contributed by atoms with Crippen LogP contribution in [0, 0.1) is 0 Å². The highest BCUT2D eigenvalue weighted by molar-refractivity contribution is 5.94. The Morgan fingerprint density at radius 3 is 2.22 bits per heavy atom. The summed E-state index contributed by atoms with van der Waals surface area (Å²) in [6.07, 6.45) is 2.22. The number of Topliss-reactive ketones (excluding diaryl/α,β-unsaturated/α-hetero) is 1. The molecule has 1 aromatic rings. The summed E-state index contributed by atoms with van der Waals surface area (Å²) < 4.78 is 6.63. The summed E-state index contributed by atoms with van der Waals surface area (Å²) in [6, 6.07) is 7.33. The number of ether oxygens (including phenoxy) is 1. The molecule has 0 aliphatic carbocycles. The summed E-state index contributed by atoms with van der Waals surface area (Å²) in [5.74, 6) is 0.926. The lowest BCUT2D eigenvalue weighted by molar-refractivity contribution is -0.870. The number of benzene rings is 1. The summed E-state index contributed by atoms with van der Waals surface area (Å²) in [5, 5.41) is 0. The first-order chi connectivity index (χ1) is 8.38. The molecule has 100 valence electrons. The Hall–Kier alpha value is -1.35. The van der Waals surface area contributed by atoms with Gasteiger partial charge in [0.05, 0.1) is 34.3 Å². The molecular formula is C15H24NO2+. The van der Waals surface area contributed by atoms with Gasteiger partial charge in [0.2, 0.25) is 0 Å². The number of carbonyl (C=O) groups excluding carboxylic acids is 1. The van der Waals surface area contributed by atoms with Gasteiger partial charge in [-0.15, -0.1) is 0 Å². The molecule has 0 aliphatic rings. The Balaban J connectivity index is 2.25. The van der Waals surface area contributed by atoms with Crippen LogP contribution in [0.15, 0.2) is 24.3 Å². The van der Waals surface area contributed by atoms with Gasteiger partial charge in [0.15, 0.2) is 5.78 Å². The van der Waals surface area contributed by atoms with Gasteiger partial charge < -0.3 is 9.22 Å². The largest absolute Gasteiger partial charge is 0.494 e. The number of rotatable bonds is 7. The number of unbranched alkanes of at least 4 members (excludes halogenated alkanes) is 1. The summed E-state index contributed by atoms with van der Waals surface area (Å²) in [7, 11) is 6.59. The van der Waals surface area contributed by atoms with E-state index in [0.29, 0.717) is 0 Å². The Morgan fingerprint density at radius 2 is 1.72 bits per heavy atom. The van der Waals surface area contributed by atoms with Crippen LogP contribution in [0.5, 0.6) is 5.75 Å². The van der Waals surface area contributed by atoms with Crippen LogP contribution < -0.4 is 4.74 Å². The Labute approximate surface area is 110 Å². The van der Waals surface area contributed by atoms with Gasteiger partial charge in [-0.2, -0.15) is 0 Å². The average molecular weight is 250 g/mol. The molecular weight excluding hydrogens is 226 g/mol. The van der Waals surface area contributed by atoms with Crippen molar-refractivity contribution in [2.24, 2.45) is 0 Å². The third kappa shape index (κ3) is 5.82. The van der Waals surface area contributed by atoms with Crippen LogP contribution in [0.3, 0.4) is 0 Å². The van der Waals surface area contributed by atoms with E-state index in [0.717, 1.165) is 41.8 Å². The summed E-state index contributed by atoms with van der Waals surface area (Å²) >= 11 is 0. The smallest absolute Gasteiger partial charge is 0.159 e. The van der Waals surface area contributed by atoms with Gasteiger partial charge >= 0.3 is 0 Å². The fraction of sp³-hybridized carbons (Fsp3) is 0.533. The Kier molecular flexibility index (Phi) is 5.35. The molecule has 0 aromatic heterocycles. The highest BCUT2D eigenvalue weighted by Crippen LogP contribution is 2.13. The fourth-order valence-electron chi connectivity index (χ4n) is 1.66. The van der Waals surface area contributed by atoms with Crippen LogP contribution in [-0.2, 0) is 0 Å². The van der Waals surface area contributed by atoms with Crippen LogP contribution >= 0.6 is 0 Å². The van der Waals surface area contributed by atoms with Gasteiger partial charge in [-0.1, -0.05) is 0 Å². The topological polar surface area (TPSA) is 26.3 Å². The zero-order valence-electron chi connectivity index (χ0n) is 11.9. The zero-order valence-corrected chi connectivity index (χ0v) is 11.9. The molecule has 18 heavy (non-hydrogen) atoms. The molecule has 3 nitrogen and oxygen atoms in total. The van der Waals surface area contributed by atoms with E-state index >= 15 is 0 Å². The molecule has 0 saturated carbocycles. The minimum Gasteiger partial charge on any atom is -0.494 e. The van der Waals surface area contributed by atoms with Crippen LogP contribution in [0.4, 0.5) is 0 Å². The van der Waals surface area contributed by atoms with Gasteiger partial charge in [-0.3, -0.25) is 4.79 Å². The number of hydrogen-bond donors (Lipinski definition) is 0. The van der Waals surface area contributed by atoms with Gasteiger partial charge in [0.25, 0.3) is 0 Å². The SMILES string of the molecule is CC(=O)c1ccc(OCCCC[N+](C)(C)C)cc1. The van der Waals surface area contributed by atoms with Crippen molar-refractivity contribution in [3.05, 3.63) is 29.8 Å². The molecule has 0 amide bonds. The molecule has 0 radical (unpaired) electrons. The minimum absolute atomic E-state index is 0.0875. The highest BCUT2D eigenvalue weighted by atomic mass is 16.5. The monoisotopic (exact) mass is 250 g/mol. The van der Waals surface area contributed by atoms with Crippen molar-refractivity contribution < 1.29 is 14.0 Å². The van der Waals surface area contributed by atoms with Crippen molar-refractivity contribution in [3.8, 4) is 5.75 Å². The van der Waals surface area contributed by atoms with Gasteiger partial charge in [0.1, 0.15) is 5.75 Å². The fourth-order valence-corrected chi connectivity index (χ4v) is 1.66. The number of nitrogens with zero attached hydrogens (tertiary/aromatic N) is 1. The Morgan fingerprint density at radius 1 is 1.11 bits per heavy atom. The molecule has 0 saturated heterocycles. The highest BCUT2D eigenvalue weighted by Gasteiger charge is 2.05. The average Bonchev–Trinajstić information content (AvgIpc) is 2.27. The molecule has 1 aromatic carbocycles. The van der Waals surface area contributed by atoms with E-state index in [1.807, 2.05) is 24.3 Å². The van der Waals surface area contributed by atoms with Crippen molar-refractivity contribution in [2.75, 3.05) is 34.3 Å². The maximum absolute atomic E-state index is 11.1. The molecule has 0 fully saturated rings. The number of quaternary nitrogens is 1. The Bertz CT molecular complexity index is 376. The minimum atomic E-state index is 0.0875. The van der Waals surface area contributed by atoms with E-state index < -0.39 is 0 Å². The standard InChI is InChI=1S/C15H24NO2/c1-13(17)14-7-9-15(10-8-14)18-12-6-5-11-16(2,3)4/h7-10H,5-6,11-12H2,1-4H3/q+1. The molecule has 0 spiro atoms. The van der Waals surface area contributed by atoms with Crippen molar-refractivity contribution in [1.29, 1.82) is 0 Å². The summed E-state index contributed by atoms with van der Waals surface area (Å²) in [5.41, 5.74) is 0.729. The van der Waals surface area contributed by atoms with E-state index in [9.17, 15) is 4.79 Å². The van der Waals surface area contributed by atoms with Gasteiger partial charge in [-0.25, -0.2) is 0 Å². The summed E-state index contributed by atoms with van der Waals surface area (Å²) in [4.78, 5) is 11.1. The first kappa shape index (κ1) is 14.7. The number of hydrogen-bond acceptors (Lipinski definition) is 2. The zero-order chi connectivity index (χ0) is 13.6. The number of carbonyl (C=O) groups is 1. The van der Waals surface area contributed by atoms with Crippen LogP contribution in [-0.4, -0.2) is 44.6 Å². The molecule has 0 heterocycles. The van der Waals surface area contributed by atoms with Crippen molar-refractivity contribution in [1.82, 2.24) is 0 Å². The van der Waals surface area contributed by atoms with Crippen molar-refractivity contribution in [3.63, 3.8) is 0 Å². The van der Waals surface area contributed by atoms with Crippen molar-refractivity contribution in [2.45, 2.75) is 19.8 Å². The summed E-state index contributed by atoms with van der Waals surface area (Å²) in [6.45, 7) is 3.46. The molecule has 0 unspecified atom stereocenters. The molecule has 3 heteroatoms. The second-order valence-electron chi connectivity index (χ2n) is 5.65. The second kappa shape index (κ2) is 6.55. The maximum atomic E-state index is 11.1. The first-order valence-corrected chi connectivity index (χ1v) is 6.43. The molecule has 0 aliphatic heterocycles. The lowest BCUT2D eigenvalue weighted by atomic mass is 10.1. The lowest BCUT2D eigenvalue weighted by Crippen LogP contribution is -2.35. The van der Waals surface area contributed by atoms with Crippen LogP contribution in [0.1, 0.15) is 30.1 Å². The lowest BCUT2D eigenvalue weighted by Gasteiger charge is -2.23. The third-order valence-corrected chi connectivity index (χ3v) is 2.75. The van der Waals surface area contributed by atoms with E-state index in [-0.39, 0.29) is 5.78 Å². The first-order valence-electron chi connectivity index (χ1n) is 6.43. The van der Waals surface area contributed by atoms with E-state index in [2.05, 4.69) is 21.1 Å². The molecule has 0 N–H and O–H groups in total. The van der Waals surface area contributed by atoms with E-state index in [1.54, 1.807) is 6.92 Å². The van der Waals surface area contributed by atoms with E-state index in [1.165, 1.54) is 0 Å². The quantitative estimate of drug-likeness (QED) is 0.422. The van der Waals surface area contributed by atoms with Gasteiger partial charge in [0, 0.05) is 5.56 Å². The second-order valence-corrected chi connectivity index (χ2v) is 5.65. The maximum Gasteiger partial charge on any atom is 0.159 e.